The van der Waals surface area contributed by atoms with Crippen molar-refractivity contribution in [1.82, 2.24) is 10.3 Å². The Bertz CT molecular complexity index is 388. The molecule has 4 nitrogen and oxygen atoms in total. The number of nitrogens with zero attached hydrogens (tertiary/aromatic N) is 1. The van der Waals surface area contributed by atoms with Gasteiger partial charge in [0.2, 0.25) is 5.91 Å². The van der Waals surface area contributed by atoms with Crippen LogP contribution in [0.25, 0.3) is 0 Å². The molecule has 0 spiro atoms. The fraction of sp³-hybridized carbons (Fsp3) is 0.500. The number of carbonyl (C=O) groups excluding carboxylic acids is 1. The first-order chi connectivity index (χ1) is 7.88. The van der Waals surface area contributed by atoms with Gasteiger partial charge in [0, 0.05) is 24.7 Å². The Morgan fingerprint density at radius 2 is 2.18 bits per heavy atom. The van der Waals surface area contributed by atoms with Crippen molar-refractivity contribution in [2.24, 2.45) is 0 Å². The number of amides is 1. The van der Waals surface area contributed by atoms with E-state index in [1.54, 1.807) is 18.3 Å². The van der Waals surface area contributed by atoms with Gasteiger partial charge in [0.1, 0.15) is 0 Å². The normalized spacial score (nSPS) is 11.3. The maximum Gasteiger partial charge on any atom is 0.226 e. The number of hydrogen-bond acceptors (Lipinski definition) is 3. The second-order valence-electron chi connectivity index (χ2n) is 4.81. The van der Waals surface area contributed by atoms with Crippen molar-refractivity contribution >= 4 is 23.3 Å². The van der Waals surface area contributed by atoms with Gasteiger partial charge < -0.3 is 10.6 Å². The lowest BCUT2D eigenvalue weighted by atomic mass is 10.1. The molecule has 0 atom stereocenters. The van der Waals surface area contributed by atoms with E-state index in [4.69, 9.17) is 11.6 Å². The minimum atomic E-state index is -0.0950. The first-order valence-corrected chi connectivity index (χ1v) is 5.92. The minimum absolute atomic E-state index is 0.0168. The van der Waals surface area contributed by atoms with Crippen molar-refractivity contribution in [2.45, 2.75) is 32.7 Å². The third-order valence-corrected chi connectivity index (χ3v) is 2.33. The molecule has 1 rings (SSSR count). The average molecular weight is 256 g/mol. The molecule has 2 N–H and O–H groups in total. The van der Waals surface area contributed by atoms with Crippen LogP contribution in [0.3, 0.4) is 0 Å². The van der Waals surface area contributed by atoms with Crippen molar-refractivity contribution in [1.29, 1.82) is 0 Å². The summed E-state index contributed by atoms with van der Waals surface area (Å²) < 4.78 is 0. The molecule has 1 amide bonds. The summed E-state index contributed by atoms with van der Waals surface area (Å²) in [5.41, 5.74) is 0.0168. The van der Waals surface area contributed by atoms with Crippen molar-refractivity contribution < 1.29 is 4.79 Å². The smallest absolute Gasteiger partial charge is 0.226 e. The van der Waals surface area contributed by atoms with Gasteiger partial charge in [-0.2, -0.15) is 0 Å². The highest BCUT2D eigenvalue weighted by Gasteiger charge is 2.10. The Kier molecular flexibility index (Phi) is 4.90. The average Bonchev–Trinajstić information content (AvgIpc) is 2.19. The lowest BCUT2D eigenvalue weighted by molar-refractivity contribution is -0.116. The van der Waals surface area contributed by atoms with Crippen molar-refractivity contribution in [3.05, 3.63) is 23.4 Å². The van der Waals surface area contributed by atoms with Crippen LogP contribution in [0.5, 0.6) is 0 Å². The third-order valence-electron chi connectivity index (χ3n) is 2.02. The largest absolute Gasteiger partial charge is 0.312 e. The van der Waals surface area contributed by atoms with E-state index in [-0.39, 0.29) is 11.4 Å². The molecule has 0 saturated heterocycles. The molecule has 0 saturated carbocycles. The maximum absolute atomic E-state index is 11.6. The van der Waals surface area contributed by atoms with E-state index in [0.717, 1.165) is 0 Å². The molecule has 0 fully saturated rings. The van der Waals surface area contributed by atoms with Crippen molar-refractivity contribution in [2.75, 3.05) is 11.9 Å². The molecule has 0 aromatic carbocycles. The summed E-state index contributed by atoms with van der Waals surface area (Å²) >= 11 is 5.88. The Hall–Kier alpha value is -1.13. The third kappa shape index (κ3) is 5.65. The lowest BCUT2D eigenvalue weighted by Gasteiger charge is -2.20. The van der Waals surface area contributed by atoms with Gasteiger partial charge in [-0.15, -0.1) is 0 Å². The quantitative estimate of drug-likeness (QED) is 0.869. The number of rotatable bonds is 4. The Balaban J connectivity index is 2.38. The molecule has 0 radical (unpaired) electrons. The van der Waals surface area contributed by atoms with Crippen LogP contribution in [-0.4, -0.2) is 23.0 Å². The molecule has 0 aliphatic carbocycles. The monoisotopic (exact) mass is 255 g/mol. The molecule has 1 heterocycles. The molecular formula is C12H18ClN3O. The molecule has 5 heteroatoms. The van der Waals surface area contributed by atoms with Crippen LogP contribution in [0, 0.1) is 0 Å². The molecule has 17 heavy (non-hydrogen) atoms. The van der Waals surface area contributed by atoms with E-state index in [1.165, 1.54) is 0 Å². The summed E-state index contributed by atoms with van der Waals surface area (Å²) in [5, 5.41) is 6.36. The Morgan fingerprint density at radius 1 is 1.47 bits per heavy atom. The van der Waals surface area contributed by atoms with Gasteiger partial charge in [-0.25, -0.2) is 4.98 Å². The number of carbonyl (C=O) groups is 1. The second-order valence-corrected chi connectivity index (χ2v) is 5.22. The molecule has 0 aliphatic heterocycles. The molecule has 94 valence electrons. The van der Waals surface area contributed by atoms with Crippen LogP contribution in [0.1, 0.15) is 27.2 Å². The molecule has 0 aliphatic rings. The first kappa shape index (κ1) is 13.9. The maximum atomic E-state index is 11.6. The van der Waals surface area contributed by atoms with Crippen LogP contribution in [0.4, 0.5) is 5.82 Å². The predicted octanol–water partition coefficient (Wildman–Crippen LogP) is 2.45. The zero-order valence-corrected chi connectivity index (χ0v) is 11.1. The van der Waals surface area contributed by atoms with E-state index in [1.807, 2.05) is 0 Å². The molecule has 0 unspecified atom stereocenters. The highest BCUT2D eigenvalue weighted by atomic mass is 35.5. The standard InChI is InChI=1S/C12H18ClN3O/c1-12(2,3)15-8-6-10(17)16-11-9(13)5-4-7-14-11/h4-5,7,15H,6,8H2,1-3H3,(H,14,16,17). The molecule has 0 bridgehead atoms. The van der Waals surface area contributed by atoms with Gasteiger partial charge in [0.15, 0.2) is 5.82 Å². The number of halogens is 1. The van der Waals surface area contributed by atoms with E-state index < -0.39 is 0 Å². The SMILES string of the molecule is CC(C)(C)NCCC(=O)Nc1ncccc1Cl. The van der Waals surface area contributed by atoms with E-state index in [9.17, 15) is 4.79 Å². The number of pyridine rings is 1. The highest BCUT2D eigenvalue weighted by molar-refractivity contribution is 6.33. The van der Waals surface area contributed by atoms with E-state index in [2.05, 4.69) is 36.4 Å². The lowest BCUT2D eigenvalue weighted by Crippen LogP contribution is -2.37. The van der Waals surface area contributed by atoms with Crippen LogP contribution >= 0.6 is 11.6 Å². The molecular weight excluding hydrogens is 238 g/mol. The van der Waals surface area contributed by atoms with Gasteiger partial charge >= 0.3 is 0 Å². The van der Waals surface area contributed by atoms with Crippen LogP contribution in [0.2, 0.25) is 5.02 Å². The van der Waals surface area contributed by atoms with Crippen LogP contribution in [0.15, 0.2) is 18.3 Å². The Morgan fingerprint density at radius 3 is 2.76 bits per heavy atom. The van der Waals surface area contributed by atoms with Gasteiger partial charge in [0.05, 0.1) is 5.02 Å². The van der Waals surface area contributed by atoms with Crippen molar-refractivity contribution in [3.63, 3.8) is 0 Å². The molecule has 1 aromatic heterocycles. The fourth-order valence-corrected chi connectivity index (χ4v) is 1.39. The predicted molar refractivity (Wildman–Crippen MR) is 70.2 cm³/mol. The van der Waals surface area contributed by atoms with Crippen LogP contribution < -0.4 is 10.6 Å². The topological polar surface area (TPSA) is 54.0 Å². The summed E-state index contributed by atoms with van der Waals surface area (Å²) in [6.07, 6.45) is 1.99. The number of nitrogens with one attached hydrogen (secondary N) is 2. The minimum Gasteiger partial charge on any atom is -0.312 e. The Labute approximate surface area is 107 Å². The van der Waals surface area contributed by atoms with Crippen LogP contribution in [-0.2, 0) is 4.79 Å². The fourth-order valence-electron chi connectivity index (χ4n) is 1.22. The zero-order valence-electron chi connectivity index (χ0n) is 10.4. The summed E-state index contributed by atoms with van der Waals surface area (Å²) in [6.45, 7) is 6.79. The number of hydrogen-bond donors (Lipinski definition) is 2. The van der Waals surface area contributed by atoms with E-state index in [0.29, 0.717) is 23.8 Å². The molecule has 1 aromatic rings. The highest BCUT2D eigenvalue weighted by Crippen LogP contribution is 2.17. The first-order valence-electron chi connectivity index (χ1n) is 5.54. The summed E-state index contributed by atoms with van der Waals surface area (Å²) in [5.74, 6) is 0.317. The number of anilines is 1. The summed E-state index contributed by atoms with van der Waals surface area (Å²) in [6, 6.07) is 3.41. The van der Waals surface area contributed by atoms with Gasteiger partial charge in [-0.1, -0.05) is 11.6 Å². The summed E-state index contributed by atoms with van der Waals surface area (Å²) in [4.78, 5) is 15.6. The van der Waals surface area contributed by atoms with Gasteiger partial charge in [0.25, 0.3) is 0 Å². The van der Waals surface area contributed by atoms with Crippen molar-refractivity contribution in [3.8, 4) is 0 Å². The second kappa shape index (κ2) is 5.98. The van der Waals surface area contributed by atoms with Gasteiger partial charge in [-0.3, -0.25) is 4.79 Å². The zero-order chi connectivity index (χ0) is 12.9. The number of aromatic nitrogens is 1. The summed E-state index contributed by atoms with van der Waals surface area (Å²) in [7, 11) is 0. The van der Waals surface area contributed by atoms with Gasteiger partial charge in [-0.05, 0) is 32.9 Å². The van der Waals surface area contributed by atoms with E-state index >= 15 is 0 Å².